The second kappa shape index (κ2) is 5.48. The first kappa shape index (κ1) is 13.2. The van der Waals surface area contributed by atoms with Gasteiger partial charge in [-0.2, -0.15) is 0 Å². The van der Waals surface area contributed by atoms with Crippen LogP contribution in [-0.4, -0.2) is 23.3 Å². The van der Waals surface area contributed by atoms with Gasteiger partial charge in [-0.3, -0.25) is 4.79 Å². The molecule has 0 bridgehead atoms. The van der Waals surface area contributed by atoms with Gasteiger partial charge in [-0.05, 0) is 46.0 Å². The maximum absolute atomic E-state index is 11.6. The van der Waals surface area contributed by atoms with Crippen molar-refractivity contribution in [2.75, 3.05) is 6.61 Å². The molecule has 0 saturated heterocycles. The number of aliphatic hydroxyl groups is 1. The largest absolute Gasteiger partial charge is 0.460 e. The molecule has 1 fully saturated rings. The zero-order chi connectivity index (χ0) is 12.2. The Bertz CT molecular complexity index is 263. The third-order valence-electron chi connectivity index (χ3n) is 2.53. The SMILES string of the molecule is CC(C)(C)OC(=O)[C@H]1C[C@H]1C/C=C\CCO. The Kier molecular flexibility index (Phi) is 4.54. The molecule has 0 aromatic carbocycles. The predicted molar refractivity (Wildman–Crippen MR) is 62.9 cm³/mol. The number of esters is 1. The van der Waals surface area contributed by atoms with Crippen molar-refractivity contribution in [1.29, 1.82) is 0 Å². The number of hydrogen-bond donors (Lipinski definition) is 1. The Balaban J connectivity index is 2.21. The normalized spacial score (nSPS) is 24.8. The van der Waals surface area contributed by atoms with E-state index < -0.39 is 0 Å². The number of carbonyl (C=O) groups excluding carboxylic acids is 1. The molecule has 2 atom stereocenters. The molecule has 16 heavy (non-hydrogen) atoms. The topological polar surface area (TPSA) is 46.5 Å². The Labute approximate surface area is 97.5 Å². The number of ether oxygens (including phenoxy) is 1. The number of rotatable bonds is 5. The van der Waals surface area contributed by atoms with E-state index in [1.54, 1.807) is 0 Å². The van der Waals surface area contributed by atoms with E-state index in [2.05, 4.69) is 0 Å². The van der Waals surface area contributed by atoms with Gasteiger partial charge in [0, 0.05) is 6.61 Å². The van der Waals surface area contributed by atoms with Crippen LogP contribution in [0.15, 0.2) is 12.2 Å². The average molecular weight is 226 g/mol. The van der Waals surface area contributed by atoms with Gasteiger partial charge in [0.25, 0.3) is 0 Å². The lowest BCUT2D eigenvalue weighted by Crippen LogP contribution is -2.25. The van der Waals surface area contributed by atoms with E-state index in [0.29, 0.717) is 12.3 Å². The number of carbonyl (C=O) groups is 1. The summed E-state index contributed by atoms with van der Waals surface area (Å²) in [6.45, 7) is 5.87. The van der Waals surface area contributed by atoms with Crippen LogP contribution in [-0.2, 0) is 9.53 Å². The van der Waals surface area contributed by atoms with Crippen molar-refractivity contribution in [3.05, 3.63) is 12.2 Å². The highest BCUT2D eigenvalue weighted by Crippen LogP contribution is 2.43. The van der Waals surface area contributed by atoms with E-state index in [-0.39, 0.29) is 24.1 Å². The van der Waals surface area contributed by atoms with Gasteiger partial charge in [-0.15, -0.1) is 0 Å². The number of aliphatic hydroxyl groups excluding tert-OH is 1. The molecular formula is C13H22O3. The minimum absolute atomic E-state index is 0.0620. The van der Waals surface area contributed by atoms with Crippen molar-refractivity contribution in [2.24, 2.45) is 11.8 Å². The van der Waals surface area contributed by atoms with E-state index in [4.69, 9.17) is 9.84 Å². The van der Waals surface area contributed by atoms with E-state index in [9.17, 15) is 4.79 Å². The molecule has 3 heteroatoms. The van der Waals surface area contributed by atoms with Crippen LogP contribution in [0.3, 0.4) is 0 Å². The van der Waals surface area contributed by atoms with Crippen molar-refractivity contribution in [3.63, 3.8) is 0 Å². The summed E-state index contributed by atoms with van der Waals surface area (Å²) in [5.41, 5.74) is -0.378. The molecule has 1 saturated carbocycles. The molecule has 0 heterocycles. The van der Waals surface area contributed by atoms with Gasteiger partial charge in [0.2, 0.25) is 0 Å². The molecule has 0 aliphatic heterocycles. The lowest BCUT2D eigenvalue weighted by atomic mass is 10.2. The molecule has 0 spiro atoms. The molecular weight excluding hydrogens is 204 g/mol. The lowest BCUT2D eigenvalue weighted by molar-refractivity contribution is -0.156. The molecule has 0 radical (unpaired) electrons. The van der Waals surface area contributed by atoms with Crippen LogP contribution in [0.4, 0.5) is 0 Å². The summed E-state index contributed by atoms with van der Waals surface area (Å²) in [5, 5.41) is 8.59. The van der Waals surface area contributed by atoms with Crippen LogP contribution in [0.2, 0.25) is 0 Å². The summed E-state index contributed by atoms with van der Waals surface area (Å²) in [4.78, 5) is 11.6. The Morgan fingerprint density at radius 3 is 2.69 bits per heavy atom. The smallest absolute Gasteiger partial charge is 0.309 e. The maximum atomic E-state index is 11.6. The molecule has 3 nitrogen and oxygen atoms in total. The van der Waals surface area contributed by atoms with Crippen LogP contribution >= 0.6 is 0 Å². The van der Waals surface area contributed by atoms with Crippen LogP contribution in [0.1, 0.15) is 40.0 Å². The van der Waals surface area contributed by atoms with Gasteiger partial charge >= 0.3 is 5.97 Å². The summed E-state index contributed by atoms with van der Waals surface area (Å²) in [6.07, 6.45) is 6.57. The molecule has 1 rings (SSSR count). The summed E-state index contributed by atoms with van der Waals surface area (Å²) in [5.74, 6) is 0.482. The van der Waals surface area contributed by atoms with Gasteiger partial charge < -0.3 is 9.84 Å². The quantitative estimate of drug-likeness (QED) is 0.578. The molecule has 0 unspecified atom stereocenters. The van der Waals surface area contributed by atoms with Gasteiger partial charge in [0.1, 0.15) is 5.60 Å². The third-order valence-corrected chi connectivity index (χ3v) is 2.53. The maximum Gasteiger partial charge on any atom is 0.309 e. The van der Waals surface area contributed by atoms with E-state index >= 15 is 0 Å². The van der Waals surface area contributed by atoms with Crippen LogP contribution in [0, 0.1) is 11.8 Å². The molecule has 92 valence electrons. The molecule has 0 aromatic rings. The highest BCUT2D eigenvalue weighted by Gasteiger charge is 2.44. The zero-order valence-corrected chi connectivity index (χ0v) is 10.4. The van der Waals surface area contributed by atoms with Crippen molar-refractivity contribution < 1.29 is 14.6 Å². The van der Waals surface area contributed by atoms with E-state index in [1.165, 1.54) is 0 Å². The van der Waals surface area contributed by atoms with Gasteiger partial charge in [0.05, 0.1) is 5.92 Å². The van der Waals surface area contributed by atoms with Gasteiger partial charge in [0.15, 0.2) is 0 Å². The number of allylic oxidation sites excluding steroid dienone is 1. The second-order valence-electron chi connectivity index (χ2n) is 5.36. The van der Waals surface area contributed by atoms with Crippen LogP contribution in [0.25, 0.3) is 0 Å². The highest BCUT2D eigenvalue weighted by molar-refractivity contribution is 5.76. The second-order valence-corrected chi connectivity index (χ2v) is 5.36. The van der Waals surface area contributed by atoms with Crippen molar-refractivity contribution in [3.8, 4) is 0 Å². The van der Waals surface area contributed by atoms with E-state index in [1.807, 2.05) is 32.9 Å². The monoisotopic (exact) mass is 226 g/mol. The fraction of sp³-hybridized carbons (Fsp3) is 0.769. The summed E-state index contributed by atoms with van der Waals surface area (Å²) in [6, 6.07) is 0. The summed E-state index contributed by atoms with van der Waals surface area (Å²) in [7, 11) is 0. The Hall–Kier alpha value is -0.830. The molecule has 1 N–H and O–H groups in total. The lowest BCUT2D eigenvalue weighted by Gasteiger charge is -2.19. The van der Waals surface area contributed by atoms with Gasteiger partial charge in [-0.25, -0.2) is 0 Å². The molecule has 1 aliphatic rings. The standard InChI is InChI=1S/C13H22O3/c1-13(2,3)16-12(15)11-9-10(11)7-5-4-6-8-14/h4-5,10-11,14H,6-9H2,1-3H3/b5-4-/t10-,11+/m1/s1. The first-order valence-electron chi connectivity index (χ1n) is 5.93. The average Bonchev–Trinajstić information content (AvgIpc) is 2.89. The number of hydrogen-bond acceptors (Lipinski definition) is 3. The first-order valence-corrected chi connectivity index (χ1v) is 5.93. The van der Waals surface area contributed by atoms with Crippen molar-refractivity contribution in [2.45, 2.75) is 45.6 Å². The molecule has 1 aliphatic carbocycles. The fourth-order valence-electron chi connectivity index (χ4n) is 1.64. The van der Waals surface area contributed by atoms with Gasteiger partial charge in [-0.1, -0.05) is 12.2 Å². The highest BCUT2D eigenvalue weighted by atomic mass is 16.6. The Morgan fingerprint density at radius 2 is 2.12 bits per heavy atom. The fourth-order valence-corrected chi connectivity index (χ4v) is 1.64. The van der Waals surface area contributed by atoms with Crippen molar-refractivity contribution >= 4 is 5.97 Å². The predicted octanol–water partition coefficient (Wildman–Crippen LogP) is 2.29. The first-order chi connectivity index (χ1) is 7.44. The zero-order valence-electron chi connectivity index (χ0n) is 10.4. The van der Waals surface area contributed by atoms with Crippen molar-refractivity contribution in [1.82, 2.24) is 0 Å². The minimum atomic E-state index is -0.378. The van der Waals surface area contributed by atoms with Crippen LogP contribution in [0.5, 0.6) is 0 Å². The molecule has 0 amide bonds. The van der Waals surface area contributed by atoms with E-state index in [0.717, 1.165) is 12.8 Å². The third kappa shape index (κ3) is 4.79. The van der Waals surface area contributed by atoms with Crippen LogP contribution < -0.4 is 0 Å². The minimum Gasteiger partial charge on any atom is -0.460 e. The summed E-state index contributed by atoms with van der Waals surface area (Å²) >= 11 is 0. The Morgan fingerprint density at radius 1 is 1.44 bits per heavy atom. The molecule has 0 aromatic heterocycles. The summed E-state index contributed by atoms with van der Waals surface area (Å²) < 4.78 is 5.32.